The van der Waals surface area contributed by atoms with Crippen LogP contribution < -0.4 is 0 Å². The molecule has 0 saturated heterocycles. The molecule has 0 amide bonds. The molecule has 5 heteroatoms. The second kappa shape index (κ2) is 4.25. The van der Waals surface area contributed by atoms with Crippen LogP contribution in [0.15, 0.2) is 17.1 Å². The predicted octanol–water partition coefficient (Wildman–Crippen LogP) is 1.59. The number of esters is 1. The van der Waals surface area contributed by atoms with Crippen LogP contribution in [0.4, 0.5) is 0 Å². The maximum atomic E-state index is 11.4. The SMILES string of the molecule is CC(C)(C)OC(=O)CC(=O)c1cocn1. The molecule has 0 aliphatic rings. The smallest absolute Gasteiger partial charge is 0.314 e. The number of ether oxygens (including phenoxy) is 1. The van der Waals surface area contributed by atoms with Gasteiger partial charge in [0.1, 0.15) is 24.0 Å². The number of aromatic nitrogens is 1. The molecule has 0 radical (unpaired) electrons. The van der Waals surface area contributed by atoms with Crippen molar-refractivity contribution in [1.82, 2.24) is 4.98 Å². The van der Waals surface area contributed by atoms with Crippen LogP contribution in [-0.4, -0.2) is 22.3 Å². The molecule has 1 aromatic heterocycles. The van der Waals surface area contributed by atoms with Crippen LogP contribution in [0.1, 0.15) is 37.7 Å². The minimum Gasteiger partial charge on any atom is -0.460 e. The number of rotatable bonds is 3. The predicted molar refractivity (Wildman–Crippen MR) is 51.3 cm³/mol. The van der Waals surface area contributed by atoms with Crippen molar-refractivity contribution in [1.29, 1.82) is 0 Å². The Kier molecular flexibility index (Phi) is 3.24. The molecule has 0 saturated carbocycles. The number of carbonyl (C=O) groups is 2. The van der Waals surface area contributed by atoms with E-state index in [2.05, 4.69) is 9.40 Å². The van der Waals surface area contributed by atoms with Gasteiger partial charge in [-0.2, -0.15) is 0 Å². The lowest BCUT2D eigenvalue weighted by Crippen LogP contribution is -2.25. The van der Waals surface area contributed by atoms with Crippen LogP contribution >= 0.6 is 0 Å². The molecular formula is C10H13NO4. The summed E-state index contributed by atoms with van der Waals surface area (Å²) in [5.41, 5.74) is -0.442. The molecule has 15 heavy (non-hydrogen) atoms. The van der Waals surface area contributed by atoms with Gasteiger partial charge in [0.25, 0.3) is 0 Å². The number of oxazole rings is 1. The summed E-state index contributed by atoms with van der Waals surface area (Å²) in [6.07, 6.45) is 2.03. The van der Waals surface area contributed by atoms with Crippen molar-refractivity contribution in [2.24, 2.45) is 0 Å². The van der Waals surface area contributed by atoms with Crippen LogP contribution in [0.3, 0.4) is 0 Å². The molecule has 0 aromatic carbocycles. The van der Waals surface area contributed by atoms with Crippen LogP contribution in [0, 0.1) is 0 Å². The lowest BCUT2D eigenvalue weighted by Gasteiger charge is -2.18. The molecule has 5 nitrogen and oxygen atoms in total. The van der Waals surface area contributed by atoms with Gasteiger partial charge >= 0.3 is 5.97 Å². The highest BCUT2D eigenvalue weighted by Crippen LogP contribution is 2.09. The Hall–Kier alpha value is -1.65. The van der Waals surface area contributed by atoms with Crippen molar-refractivity contribution in [2.75, 3.05) is 0 Å². The van der Waals surface area contributed by atoms with E-state index < -0.39 is 17.4 Å². The second-order valence-corrected chi connectivity index (χ2v) is 4.06. The molecule has 1 aromatic rings. The van der Waals surface area contributed by atoms with Crippen LogP contribution in [0.2, 0.25) is 0 Å². The van der Waals surface area contributed by atoms with Crippen molar-refractivity contribution in [3.05, 3.63) is 18.4 Å². The van der Waals surface area contributed by atoms with E-state index in [1.807, 2.05) is 0 Å². The first-order chi connectivity index (χ1) is 6.88. The van der Waals surface area contributed by atoms with E-state index in [-0.39, 0.29) is 12.1 Å². The number of Topliss-reactive ketones (excluding diaryl/α,β-unsaturated/α-hetero) is 1. The summed E-state index contributed by atoms with van der Waals surface area (Å²) in [4.78, 5) is 26.3. The first-order valence-corrected chi connectivity index (χ1v) is 4.52. The normalized spacial score (nSPS) is 11.1. The first-order valence-electron chi connectivity index (χ1n) is 4.52. The van der Waals surface area contributed by atoms with E-state index in [0.717, 1.165) is 6.39 Å². The standard InChI is InChI=1S/C10H13NO4/c1-10(2,3)15-9(13)4-8(12)7-5-14-6-11-7/h5-6H,4H2,1-3H3. The van der Waals surface area contributed by atoms with E-state index in [1.165, 1.54) is 6.26 Å². The van der Waals surface area contributed by atoms with Gasteiger partial charge in [-0.05, 0) is 20.8 Å². The largest absolute Gasteiger partial charge is 0.460 e. The van der Waals surface area contributed by atoms with E-state index in [1.54, 1.807) is 20.8 Å². The molecule has 0 N–H and O–H groups in total. The third-order valence-corrected chi connectivity index (χ3v) is 1.44. The van der Waals surface area contributed by atoms with E-state index in [0.29, 0.717) is 0 Å². The van der Waals surface area contributed by atoms with Gasteiger partial charge in [0.2, 0.25) is 0 Å². The highest BCUT2D eigenvalue weighted by molar-refractivity contribution is 6.04. The lowest BCUT2D eigenvalue weighted by atomic mass is 10.2. The minimum absolute atomic E-state index is 0.140. The summed E-state index contributed by atoms with van der Waals surface area (Å²) in [6, 6.07) is 0. The van der Waals surface area contributed by atoms with Crippen molar-refractivity contribution in [3.63, 3.8) is 0 Å². The fraction of sp³-hybridized carbons (Fsp3) is 0.500. The minimum atomic E-state index is -0.582. The second-order valence-electron chi connectivity index (χ2n) is 4.06. The number of hydrogen-bond acceptors (Lipinski definition) is 5. The van der Waals surface area contributed by atoms with E-state index in [9.17, 15) is 9.59 Å². The summed E-state index contributed by atoms with van der Waals surface area (Å²) < 4.78 is 9.62. The Balaban J connectivity index is 2.50. The summed E-state index contributed by atoms with van der Waals surface area (Å²) in [7, 11) is 0. The Labute approximate surface area is 87.4 Å². The number of hydrogen-bond donors (Lipinski definition) is 0. The quantitative estimate of drug-likeness (QED) is 0.431. The molecule has 0 aliphatic carbocycles. The van der Waals surface area contributed by atoms with Gasteiger partial charge < -0.3 is 9.15 Å². The number of carbonyl (C=O) groups excluding carboxylic acids is 2. The molecule has 0 bridgehead atoms. The van der Waals surface area contributed by atoms with Gasteiger partial charge in [0.05, 0.1) is 0 Å². The third kappa shape index (κ3) is 3.93. The van der Waals surface area contributed by atoms with Gasteiger partial charge in [0, 0.05) is 0 Å². The van der Waals surface area contributed by atoms with Crippen LogP contribution in [0.25, 0.3) is 0 Å². The summed E-state index contributed by atoms with van der Waals surface area (Å²) in [6.45, 7) is 5.22. The van der Waals surface area contributed by atoms with Gasteiger partial charge in [0.15, 0.2) is 12.2 Å². The molecule has 0 fully saturated rings. The van der Waals surface area contributed by atoms with Crippen molar-refractivity contribution in [3.8, 4) is 0 Å². The van der Waals surface area contributed by atoms with Crippen LogP contribution in [0.5, 0.6) is 0 Å². The van der Waals surface area contributed by atoms with Gasteiger partial charge in [-0.3, -0.25) is 9.59 Å². The highest BCUT2D eigenvalue weighted by atomic mass is 16.6. The summed E-state index contributed by atoms with van der Waals surface area (Å²) in [5, 5.41) is 0. The first kappa shape index (κ1) is 11.4. The fourth-order valence-corrected chi connectivity index (χ4v) is 0.949. The number of nitrogens with zero attached hydrogens (tertiary/aromatic N) is 1. The molecule has 1 rings (SSSR count). The average Bonchev–Trinajstić information content (AvgIpc) is 2.50. The maximum absolute atomic E-state index is 11.4. The Morgan fingerprint density at radius 3 is 2.60 bits per heavy atom. The third-order valence-electron chi connectivity index (χ3n) is 1.44. The zero-order valence-electron chi connectivity index (χ0n) is 8.94. The lowest BCUT2D eigenvalue weighted by molar-refractivity contribution is -0.153. The molecule has 1 heterocycles. The molecule has 0 atom stereocenters. The topological polar surface area (TPSA) is 69.4 Å². The van der Waals surface area contributed by atoms with E-state index in [4.69, 9.17) is 4.74 Å². The Morgan fingerprint density at radius 2 is 2.13 bits per heavy atom. The zero-order chi connectivity index (χ0) is 11.5. The molecule has 0 unspecified atom stereocenters. The highest BCUT2D eigenvalue weighted by Gasteiger charge is 2.20. The van der Waals surface area contributed by atoms with E-state index >= 15 is 0 Å². The fourth-order valence-electron chi connectivity index (χ4n) is 0.949. The maximum Gasteiger partial charge on any atom is 0.314 e. The molecule has 0 spiro atoms. The van der Waals surface area contributed by atoms with Crippen molar-refractivity contribution >= 4 is 11.8 Å². The molecule has 82 valence electrons. The van der Waals surface area contributed by atoms with Gasteiger partial charge in [-0.25, -0.2) is 4.98 Å². The van der Waals surface area contributed by atoms with Gasteiger partial charge in [-0.1, -0.05) is 0 Å². The van der Waals surface area contributed by atoms with Crippen LogP contribution in [-0.2, 0) is 9.53 Å². The summed E-state index contributed by atoms with van der Waals surface area (Å²) >= 11 is 0. The number of ketones is 1. The molecule has 0 aliphatic heterocycles. The zero-order valence-corrected chi connectivity index (χ0v) is 8.94. The average molecular weight is 211 g/mol. The van der Waals surface area contributed by atoms with Crippen molar-refractivity contribution < 1.29 is 18.7 Å². The van der Waals surface area contributed by atoms with Crippen molar-refractivity contribution in [2.45, 2.75) is 32.8 Å². The van der Waals surface area contributed by atoms with Gasteiger partial charge in [-0.15, -0.1) is 0 Å². The monoisotopic (exact) mass is 211 g/mol. The Bertz CT molecular complexity index is 348. The Morgan fingerprint density at radius 1 is 1.47 bits per heavy atom. The summed E-state index contributed by atoms with van der Waals surface area (Å²) in [5.74, 6) is -0.964. The molecular weight excluding hydrogens is 198 g/mol.